The Morgan fingerprint density at radius 3 is 2.84 bits per heavy atom. The maximum Gasteiger partial charge on any atom is 0.221 e. The molecule has 0 bridgehead atoms. The van der Waals surface area contributed by atoms with Crippen molar-refractivity contribution in [3.63, 3.8) is 0 Å². The Morgan fingerprint density at radius 1 is 1.36 bits per heavy atom. The SMILES string of the molecule is CN=Cc1cn(-c2ccnc(N)n2)c2cc(C#CC(C)(C)O)ncc12. The molecule has 0 saturated carbocycles. The summed E-state index contributed by atoms with van der Waals surface area (Å²) in [5.41, 5.74) is 6.95. The molecule has 0 saturated heterocycles. The lowest BCUT2D eigenvalue weighted by Crippen LogP contribution is -2.14. The summed E-state index contributed by atoms with van der Waals surface area (Å²) in [5.74, 6) is 6.49. The molecule has 25 heavy (non-hydrogen) atoms. The molecule has 3 N–H and O–H groups in total. The van der Waals surface area contributed by atoms with Crippen LogP contribution in [0.1, 0.15) is 25.1 Å². The summed E-state index contributed by atoms with van der Waals surface area (Å²) in [6.45, 7) is 3.25. The van der Waals surface area contributed by atoms with Crippen molar-refractivity contribution in [2.75, 3.05) is 12.8 Å². The second-order valence-corrected chi connectivity index (χ2v) is 6.01. The first-order chi connectivity index (χ1) is 11.9. The molecule has 0 aliphatic rings. The Labute approximate surface area is 145 Å². The molecular formula is C18H18N6O. The van der Waals surface area contributed by atoms with E-state index in [1.807, 2.05) is 16.8 Å². The van der Waals surface area contributed by atoms with Gasteiger partial charge in [-0.15, -0.1) is 0 Å². The summed E-state index contributed by atoms with van der Waals surface area (Å²) in [5, 5.41) is 10.7. The van der Waals surface area contributed by atoms with E-state index in [-0.39, 0.29) is 5.95 Å². The van der Waals surface area contributed by atoms with Crippen molar-refractivity contribution in [3.05, 3.63) is 42.0 Å². The Morgan fingerprint density at radius 2 is 2.16 bits per heavy atom. The third-order valence-corrected chi connectivity index (χ3v) is 3.39. The fourth-order valence-electron chi connectivity index (χ4n) is 2.36. The minimum absolute atomic E-state index is 0.196. The predicted octanol–water partition coefficient (Wildman–Crippen LogP) is 1.57. The molecule has 0 aromatic carbocycles. The lowest BCUT2D eigenvalue weighted by molar-refractivity contribution is 0.143. The van der Waals surface area contributed by atoms with Crippen LogP contribution in [-0.2, 0) is 0 Å². The predicted molar refractivity (Wildman–Crippen MR) is 97.8 cm³/mol. The van der Waals surface area contributed by atoms with Gasteiger partial charge in [0.25, 0.3) is 0 Å². The Bertz CT molecular complexity index is 1020. The molecule has 126 valence electrons. The molecule has 7 heteroatoms. The quantitative estimate of drug-likeness (QED) is 0.547. The maximum absolute atomic E-state index is 9.77. The molecule has 3 rings (SSSR count). The van der Waals surface area contributed by atoms with Crippen LogP contribution in [0.3, 0.4) is 0 Å². The van der Waals surface area contributed by atoms with E-state index in [1.165, 1.54) is 0 Å². The van der Waals surface area contributed by atoms with Crippen molar-refractivity contribution >= 4 is 23.1 Å². The van der Waals surface area contributed by atoms with Crippen LogP contribution in [0.25, 0.3) is 16.7 Å². The van der Waals surface area contributed by atoms with E-state index in [0.29, 0.717) is 11.5 Å². The molecule has 0 amide bonds. The molecule has 0 radical (unpaired) electrons. The summed E-state index contributed by atoms with van der Waals surface area (Å²) in [7, 11) is 1.71. The minimum atomic E-state index is -1.08. The topological polar surface area (TPSA) is 102 Å². The fraction of sp³-hybridized carbons (Fsp3) is 0.222. The molecule has 0 fully saturated rings. The Balaban J connectivity index is 2.22. The number of aromatic nitrogens is 4. The Hall–Kier alpha value is -3.24. The first kappa shape index (κ1) is 16.6. The van der Waals surface area contributed by atoms with Gasteiger partial charge in [0, 0.05) is 42.8 Å². The number of hydrogen-bond donors (Lipinski definition) is 2. The second kappa shape index (κ2) is 6.34. The second-order valence-electron chi connectivity index (χ2n) is 6.01. The lowest BCUT2D eigenvalue weighted by atomic mass is 10.1. The van der Waals surface area contributed by atoms with E-state index in [9.17, 15) is 5.11 Å². The van der Waals surface area contributed by atoms with Gasteiger partial charge in [-0.2, -0.15) is 4.98 Å². The summed E-state index contributed by atoms with van der Waals surface area (Å²) in [4.78, 5) is 16.6. The minimum Gasteiger partial charge on any atom is -0.378 e. The van der Waals surface area contributed by atoms with Crippen LogP contribution in [0.15, 0.2) is 35.7 Å². The van der Waals surface area contributed by atoms with Crippen molar-refractivity contribution in [2.45, 2.75) is 19.4 Å². The van der Waals surface area contributed by atoms with Crippen LogP contribution in [0.4, 0.5) is 5.95 Å². The summed E-state index contributed by atoms with van der Waals surface area (Å²) in [6.07, 6.45) is 7.01. The number of anilines is 1. The largest absolute Gasteiger partial charge is 0.378 e. The van der Waals surface area contributed by atoms with E-state index in [1.54, 1.807) is 45.6 Å². The molecule has 3 heterocycles. The van der Waals surface area contributed by atoms with Crippen molar-refractivity contribution in [1.82, 2.24) is 19.5 Å². The van der Waals surface area contributed by atoms with Crippen molar-refractivity contribution < 1.29 is 5.11 Å². The van der Waals surface area contributed by atoms with Gasteiger partial charge in [0.05, 0.1) is 5.52 Å². The summed E-state index contributed by atoms with van der Waals surface area (Å²) < 4.78 is 1.89. The smallest absolute Gasteiger partial charge is 0.221 e. The van der Waals surface area contributed by atoms with Gasteiger partial charge in [0.1, 0.15) is 17.1 Å². The maximum atomic E-state index is 9.77. The summed E-state index contributed by atoms with van der Waals surface area (Å²) in [6, 6.07) is 3.62. The molecule has 3 aromatic rings. The zero-order valence-electron chi connectivity index (χ0n) is 14.2. The molecule has 0 atom stereocenters. The van der Waals surface area contributed by atoms with E-state index < -0.39 is 5.60 Å². The van der Waals surface area contributed by atoms with Crippen LogP contribution >= 0.6 is 0 Å². The van der Waals surface area contributed by atoms with Gasteiger partial charge in [-0.1, -0.05) is 5.92 Å². The third-order valence-electron chi connectivity index (χ3n) is 3.39. The Kier molecular flexibility index (Phi) is 4.21. The number of rotatable bonds is 2. The van der Waals surface area contributed by atoms with E-state index >= 15 is 0 Å². The van der Waals surface area contributed by atoms with Gasteiger partial charge >= 0.3 is 0 Å². The number of nitrogens with zero attached hydrogens (tertiary/aromatic N) is 5. The van der Waals surface area contributed by atoms with Crippen molar-refractivity contribution in [1.29, 1.82) is 0 Å². The highest BCUT2D eigenvalue weighted by molar-refractivity contribution is 6.00. The van der Waals surface area contributed by atoms with Crippen molar-refractivity contribution in [3.8, 4) is 17.7 Å². The monoisotopic (exact) mass is 334 g/mol. The summed E-state index contributed by atoms with van der Waals surface area (Å²) >= 11 is 0. The van der Waals surface area contributed by atoms with Crippen LogP contribution in [0.5, 0.6) is 0 Å². The normalized spacial score (nSPS) is 11.7. The van der Waals surface area contributed by atoms with Crippen LogP contribution < -0.4 is 5.73 Å². The average molecular weight is 334 g/mol. The van der Waals surface area contributed by atoms with Crippen LogP contribution in [0, 0.1) is 11.8 Å². The fourth-order valence-corrected chi connectivity index (χ4v) is 2.36. The zero-order chi connectivity index (χ0) is 18.0. The van der Waals surface area contributed by atoms with Gasteiger partial charge in [-0.05, 0) is 31.9 Å². The number of hydrogen-bond acceptors (Lipinski definition) is 6. The van der Waals surface area contributed by atoms with E-state index in [2.05, 4.69) is 31.8 Å². The zero-order valence-corrected chi connectivity index (χ0v) is 14.2. The highest BCUT2D eigenvalue weighted by Gasteiger charge is 2.12. The van der Waals surface area contributed by atoms with Crippen LogP contribution in [0.2, 0.25) is 0 Å². The van der Waals surface area contributed by atoms with Gasteiger partial charge in [-0.3, -0.25) is 4.99 Å². The molecule has 0 spiro atoms. The molecule has 3 aromatic heterocycles. The molecule has 0 aliphatic heterocycles. The molecule has 7 nitrogen and oxygen atoms in total. The van der Waals surface area contributed by atoms with Crippen LogP contribution in [-0.4, -0.2) is 43.5 Å². The standard InChI is InChI=1S/C18H18N6O/c1-18(2,25)6-4-13-8-15-14(10-22-13)12(9-20-3)11-24(15)16-5-7-21-17(19)23-16/h5,7-11,25H,1-3H3,(H2,19,21,23). The van der Waals surface area contributed by atoms with Gasteiger partial charge < -0.3 is 15.4 Å². The highest BCUT2D eigenvalue weighted by Crippen LogP contribution is 2.23. The van der Waals surface area contributed by atoms with Crippen molar-refractivity contribution in [2.24, 2.45) is 4.99 Å². The third kappa shape index (κ3) is 3.65. The first-order valence-electron chi connectivity index (χ1n) is 7.65. The molecule has 0 unspecified atom stereocenters. The van der Waals surface area contributed by atoms with Gasteiger partial charge in [0.15, 0.2) is 0 Å². The van der Waals surface area contributed by atoms with Gasteiger partial charge in [-0.25, -0.2) is 9.97 Å². The number of fused-ring (bicyclic) bond motifs is 1. The van der Waals surface area contributed by atoms with Gasteiger partial charge in [0.2, 0.25) is 5.95 Å². The number of aliphatic imine (C=N–C) groups is 1. The van der Waals surface area contributed by atoms with E-state index in [4.69, 9.17) is 5.73 Å². The number of aliphatic hydroxyl groups is 1. The lowest BCUT2D eigenvalue weighted by Gasteiger charge is -2.06. The van der Waals surface area contributed by atoms with E-state index in [0.717, 1.165) is 16.5 Å². The number of nitrogen functional groups attached to an aromatic ring is 1. The highest BCUT2D eigenvalue weighted by atomic mass is 16.3. The number of pyridine rings is 1. The molecular weight excluding hydrogens is 316 g/mol. The molecule has 0 aliphatic carbocycles. The first-order valence-corrected chi connectivity index (χ1v) is 7.65. The average Bonchev–Trinajstić information content (AvgIpc) is 2.91. The number of nitrogens with two attached hydrogens (primary N) is 1.